The zero-order chi connectivity index (χ0) is 18.2. The van der Waals surface area contributed by atoms with Crippen LogP contribution in [0.4, 0.5) is 10.1 Å². The maximum absolute atomic E-state index is 13.3. The van der Waals surface area contributed by atoms with Gasteiger partial charge >= 0.3 is 7.12 Å². The van der Waals surface area contributed by atoms with Gasteiger partial charge in [-0.05, 0) is 69.4 Å². The molecule has 1 fully saturated rings. The summed E-state index contributed by atoms with van der Waals surface area (Å²) >= 11 is 0. The van der Waals surface area contributed by atoms with Crippen molar-refractivity contribution >= 4 is 18.3 Å². The Labute approximate surface area is 149 Å². The molecule has 2 aromatic rings. The summed E-state index contributed by atoms with van der Waals surface area (Å²) in [5.74, 6) is -0.183. The second kappa shape index (κ2) is 6.47. The number of hydrogen-bond acceptors (Lipinski definition) is 3. The van der Waals surface area contributed by atoms with Crippen molar-refractivity contribution in [1.29, 1.82) is 0 Å². The van der Waals surface area contributed by atoms with Gasteiger partial charge in [0.2, 0.25) is 0 Å². The summed E-state index contributed by atoms with van der Waals surface area (Å²) in [5.41, 5.74) is 3.04. The lowest BCUT2D eigenvalue weighted by atomic mass is 9.79. The van der Waals surface area contributed by atoms with Gasteiger partial charge in [-0.2, -0.15) is 0 Å². The molecule has 2 aromatic carbocycles. The molecule has 1 aliphatic heterocycles. The van der Waals surface area contributed by atoms with Gasteiger partial charge in [0.05, 0.1) is 11.2 Å². The van der Waals surface area contributed by atoms with Gasteiger partial charge in [-0.1, -0.05) is 24.3 Å². The Morgan fingerprint density at radius 2 is 1.56 bits per heavy atom. The van der Waals surface area contributed by atoms with Crippen molar-refractivity contribution in [3.05, 3.63) is 59.4 Å². The zero-order valence-electron chi connectivity index (χ0n) is 15.5. The van der Waals surface area contributed by atoms with Crippen molar-refractivity contribution in [2.45, 2.75) is 52.4 Å². The normalized spacial score (nSPS) is 18.4. The molecule has 3 rings (SSSR count). The number of hydrogen-bond donors (Lipinski definition) is 1. The molecular weight excluding hydrogens is 316 g/mol. The van der Waals surface area contributed by atoms with E-state index in [1.807, 2.05) is 18.2 Å². The van der Waals surface area contributed by atoms with Crippen LogP contribution in [0.1, 0.15) is 38.8 Å². The van der Waals surface area contributed by atoms with E-state index in [2.05, 4.69) is 45.1 Å². The first kappa shape index (κ1) is 18.0. The van der Waals surface area contributed by atoms with Crippen LogP contribution < -0.4 is 10.8 Å². The minimum Gasteiger partial charge on any atom is -0.399 e. The largest absolute Gasteiger partial charge is 0.494 e. The fourth-order valence-electron chi connectivity index (χ4n) is 2.73. The van der Waals surface area contributed by atoms with Crippen molar-refractivity contribution in [2.24, 2.45) is 0 Å². The number of rotatable bonds is 4. The second-order valence-electron chi connectivity index (χ2n) is 7.65. The quantitative estimate of drug-likeness (QED) is 0.852. The highest BCUT2D eigenvalue weighted by Crippen LogP contribution is 2.36. The van der Waals surface area contributed by atoms with Crippen molar-refractivity contribution in [3.63, 3.8) is 0 Å². The molecule has 132 valence electrons. The van der Waals surface area contributed by atoms with Crippen LogP contribution in [0.2, 0.25) is 0 Å². The third kappa shape index (κ3) is 3.72. The molecule has 0 radical (unpaired) electrons. The van der Waals surface area contributed by atoms with E-state index >= 15 is 0 Å². The first-order chi connectivity index (χ1) is 11.7. The Bertz CT molecular complexity index is 743. The molecule has 0 unspecified atom stereocenters. The second-order valence-corrected chi connectivity index (χ2v) is 7.65. The van der Waals surface area contributed by atoms with E-state index in [4.69, 9.17) is 9.31 Å². The van der Waals surface area contributed by atoms with Gasteiger partial charge in [-0.15, -0.1) is 0 Å². The summed E-state index contributed by atoms with van der Waals surface area (Å²) in [4.78, 5) is 0. The smallest absolute Gasteiger partial charge is 0.399 e. The monoisotopic (exact) mass is 341 g/mol. The Morgan fingerprint density at radius 3 is 2.12 bits per heavy atom. The number of nitrogens with one attached hydrogen (secondary N) is 1. The van der Waals surface area contributed by atoms with Crippen LogP contribution in [-0.4, -0.2) is 18.3 Å². The standard InChI is InChI=1S/C20H25BFNO2/c1-14-12-17(10-11-18(14)22)23-13-15-6-8-16(9-7-15)21-24-19(2,3)20(4,5)25-21/h6-12,23H,13H2,1-5H3. The maximum Gasteiger partial charge on any atom is 0.494 e. The summed E-state index contributed by atoms with van der Waals surface area (Å²) in [7, 11) is -0.341. The number of anilines is 1. The average molecular weight is 341 g/mol. The van der Waals surface area contributed by atoms with Crippen molar-refractivity contribution < 1.29 is 13.7 Å². The minimum absolute atomic E-state index is 0.183. The van der Waals surface area contributed by atoms with E-state index in [-0.39, 0.29) is 24.1 Å². The molecule has 25 heavy (non-hydrogen) atoms. The third-order valence-electron chi connectivity index (χ3n) is 5.16. The number of aryl methyl sites for hydroxylation is 1. The molecule has 1 aliphatic rings. The van der Waals surface area contributed by atoms with Gasteiger partial charge in [0.25, 0.3) is 0 Å². The van der Waals surface area contributed by atoms with Crippen molar-refractivity contribution in [1.82, 2.24) is 0 Å². The van der Waals surface area contributed by atoms with E-state index in [1.165, 1.54) is 6.07 Å². The van der Waals surface area contributed by atoms with Gasteiger partial charge in [0.15, 0.2) is 0 Å². The average Bonchev–Trinajstić information content (AvgIpc) is 2.77. The van der Waals surface area contributed by atoms with E-state index in [1.54, 1.807) is 13.0 Å². The van der Waals surface area contributed by atoms with Gasteiger partial charge in [0, 0.05) is 12.2 Å². The summed E-state index contributed by atoms with van der Waals surface area (Å²) in [6.07, 6.45) is 0. The van der Waals surface area contributed by atoms with E-state index < -0.39 is 0 Å². The first-order valence-electron chi connectivity index (χ1n) is 8.62. The van der Waals surface area contributed by atoms with Gasteiger partial charge in [0.1, 0.15) is 5.82 Å². The lowest BCUT2D eigenvalue weighted by Gasteiger charge is -2.32. The molecule has 0 saturated carbocycles. The molecule has 0 amide bonds. The van der Waals surface area contributed by atoms with Crippen LogP contribution in [0.15, 0.2) is 42.5 Å². The molecule has 0 aliphatic carbocycles. The minimum atomic E-state index is -0.341. The lowest BCUT2D eigenvalue weighted by Crippen LogP contribution is -2.41. The molecule has 1 saturated heterocycles. The summed E-state index contributed by atoms with van der Waals surface area (Å²) in [6.45, 7) is 10.6. The van der Waals surface area contributed by atoms with Crippen LogP contribution in [0.3, 0.4) is 0 Å². The molecule has 5 heteroatoms. The summed E-state index contributed by atoms with van der Waals surface area (Å²) in [6, 6.07) is 13.2. The van der Waals surface area contributed by atoms with Crippen molar-refractivity contribution in [2.75, 3.05) is 5.32 Å². The molecule has 0 atom stereocenters. The van der Waals surface area contributed by atoms with Gasteiger partial charge in [-0.3, -0.25) is 0 Å². The van der Waals surface area contributed by atoms with E-state index in [9.17, 15) is 4.39 Å². The molecule has 0 aromatic heterocycles. The van der Waals surface area contributed by atoms with Crippen LogP contribution in [0.25, 0.3) is 0 Å². The predicted molar refractivity (Wildman–Crippen MR) is 101 cm³/mol. The molecule has 0 bridgehead atoms. The molecule has 1 N–H and O–H groups in total. The number of halogens is 1. The Balaban J connectivity index is 1.64. The predicted octanol–water partition coefficient (Wildman–Crippen LogP) is 4.05. The highest BCUT2D eigenvalue weighted by atomic mass is 19.1. The molecule has 3 nitrogen and oxygen atoms in total. The topological polar surface area (TPSA) is 30.5 Å². The summed E-state index contributed by atoms with van der Waals surface area (Å²) in [5, 5.41) is 3.31. The fourth-order valence-corrected chi connectivity index (χ4v) is 2.73. The van der Waals surface area contributed by atoms with Crippen LogP contribution >= 0.6 is 0 Å². The van der Waals surface area contributed by atoms with Crippen molar-refractivity contribution in [3.8, 4) is 0 Å². The summed E-state index contributed by atoms with van der Waals surface area (Å²) < 4.78 is 25.5. The lowest BCUT2D eigenvalue weighted by molar-refractivity contribution is 0.00578. The molecular formula is C20H25BFNO2. The Morgan fingerprint density at radius 1 is 0.960 bits per heavy atom. The van der Waals surface area contributed by atoms with E-state index in [0.717, 1.165) is 16.7 Å². The Hall–Kier alpha value is -1.85. The zero-order valence-corrected chi connectivity index (χ0v) is 15.5. The Kier molecular flexibility index (Phi) is 4.65. The maximum atomic E-state index is 13.3. The molecule has 0 spiro atoms. The van der Waals surface area contributed by atoms with Crippen LogP contribution in [0.5, 0.6) is 0 Å². The fraction of sp³-hybridized carbons (Fsp3) is 0.400. The third-order valence-corrected chi connectivity index (χ3v) is 5.16. The molecule has 1 heterocycles. The van der Waals surface area contributed by atoms with E-state index in [0.29, 0.717) is 12.1 Å². The first-order valence-corrected chi connectivity index (χ1v) is 8.62. The van der Waals surface area contributed by atoms with Gasteiger partial charge < -0.3 is 14.6 Å². The highest BCUT2D eigenvalue weighted by molar-refractivity contribution is 6.62. The van der Waals surface area contributed by atoms with Crippen LogP contribution in [0, 0.1) is 12.7 Å². The SMILES string of the molecule is Cc1cc(NCc2ccc(B3OC(C)(C)C(C)(C)O3)cc2)ccc1F. The number of benzene rings is 2. The van der Waals surface area contributed by atoms with Gasteiger partial charge in [-0.25, -0.2) is 4.39 Å². The highest BCUT2D eigenvalue weighted by Gasteiger charge is 2.51. The van der Waals surface area contributed by atoms with Crippen LogP contribution in [-0.2, 0) is 15.9 Å².